The van der Waals surface area contributed by atoms with Gasteiger partial charge in [-0.05, 0) is 48.7 Å². The second-order valence-corrected chi connectivity index (χ2v) is 7.51. The van der Waals surface area contributed by atoms with E-state index in [-0.39, 0.29) is 5.91 Å². The van der Waals surface area contributed by atoms with Crippen LogP contribution in [-0.4, -0.2) is 14.8 Å². The lowest BCUT2D eigenvalue weighted by atomic mass is 10.1. The number of rotatable bonds is 5. The van der Waals surface area contributed by atoms with E-state index in [1.54, 1.807) is 4.90 Å². The van der Waals surface area contributed by atoms with E-state index in [2.05, 4.69) is 19.1 Å². The molecule has 0 unspecified atom stereocenters. The van der Waals surface area contributed by atoms with Crippen LogP contribution in [0.1, 0.15) is 31.0 Å². The first kappa shape index (κ1) is 17.0. The van der Waals surface area contributed by atoms with Gasteiger partial charge in [-0.2, -0.15) is 0 Å². The summed E-state index contributed by atoms with van der Waals surface area (Å²) in [6, 6.07) is 12.1. The molecule has 0 aliphatic carbocycles. The average Bonchev–Trinajstić information content (AvgIpc) is 3.10. The fourth-order valence-electron chi connectivity index (χ4n) is 2.64. The number of aryl methyl sites for hydroxylation is 2. The van der Waals surface area contributed by atoms with E-state index in [0.717, 1.165) is 17.8 Å². The lowest BCUT2D eigenvalue weighted by Gasteiger charge is -2.15. The van der Waals surface area contributed by atoms with Crippen LogP contribution in [-0.2, 0) is 18.3 Å². The molecule has 24 heavy (non-hydrogen) atoms. The lowest BCUT2D eigenvalue weighted by molar-refractivity contribution is -0.113. The van der Waals surface area contributed by atoms with Gasteiger partial charge in [0.05, 0.1) is 10.6 Å². The Balaban J connectivity index is 1.82. The van der Waals surface area contributed by atoms with Crippen LogP contribution in [0.2, 0.25) is 0 Å². The van der Waals surface area contributed by atoms with Gasteiger partial charge in [-0.15, -0.1) is 0 Å². The van der Waals surface area contributed by atoms with Gasteiger partial charge < -0.3 is 4.57 Å². The van der Waals surface area contributed by atoms with Gasteiger partial charge in [-0.1, -0.05) is 49.5 Å². The zero-order valence-corrected chi connectivity index (χ0v) is 15.5. The van der Waals surface area contributed by atoms with Crippen molar-refractivity contribution < 1.29 is 4.79 Å². The van der Waals surface area contributed by atoms with Crippen LogP contribution in [0.15, 0.2) is 47.5 Å². The van der Waals surface area contributed by atoms with E-state index in [0.29, 0.717) is 9.23 Å². The van der Waals surface area contributed by atoms with Gasteiger partial charge in [0.2, 0.25) is 0 Å². The van der Waals surface area contributed by atoms with E-state index < -0.39 is 0 Å². The molecule has 0 bridgehead atoms. The molecule has 1 amide bonds. The molecule has 0 spiro atoms. The highest BCUT2D eigenvalue weighted by molar-refractivity contribution is 8.27. The Morgan fingerprint density at radius 1 is 1.21 bits per heavy atom. The maximum atomic E-state index is 12.8. The minimum Gasteiger partial charge on any atom is -0.351 e. The summed E-state index contributed by atoms with van der Waals surface area (Å²) in [7, 11) is 1.96. The second-order valence-electron chi connectivity index (χ2n) is 5.83. The summed E-state index contributed by atoms with van der Waals surface area (Å²) in [5.41, 5.74) is 3.13. The Kier molecular flexibility index (Phi) is 5.21. The first-order valence-electron chi connectivity index (χ1n) is 8.08. The molecule has 5 heteroatoms. The zero-order valence-electron chi connectivity index (χ0n) is 13.9. The van der Waals surface area contributed by atoms with Crippen molar-refractivity contribution in [2.45, 2.75) is 26.2 Å². The molecule has 0 saturated carbocycles. The monoisotopic (exact) mass is 356 g/mol. The summed E-state index contributed by atoms with van der Waals surface area (Å²) in [6.07, 6.45) is 7.29. The Morgan fingerprint density at radius 3 is 2.58 bits per heavy atom. The van der Waals surface area contributed by atoms with Crippen LogP contribution in [0.25, 0.3) is 6.08 Å². The maximum absolute atomic E-state index is 12.8. The molecule has 1 saturated heterocycles. The number of carbonyl (C=O) groups is 1. The first-order chi connectivity index (χ1) is 11.6. The highest BCUT2D eigenvalue weighted by Gasteiger charge is 2.33. The summed E-state index contributed by atoms with van der Waals surface area (Å²) in [5, 5.41) is 0. The summed E-state index contributed by atoms with van der Waals surface area (Å²) in [6.45, 7) is 2.19. The van der Waals surface area contributed by atoms with Crippen molar-refractivity contribution in [2.24, 2.45) is 7.05 Å². The summed E-state index contributed by atoms with van der Waals surface area (Å²) < 4.78 is 2.57. The van der Waals surface area contributed by atoms with Gasteiger partial charge in [0.1, 0.15) is 0 Å². The first-order valence-corrected chi connectivity index (χ1v) is 9.31. The van der Waals surface area contributed by atoms with Gasteiger partial charge in [0, 0.05) is 18.9 Å². The van der Waals surface area contributed by atoms with Gasteiger partial charge >= 0.3 is 0 Å². The average molecular weight is 357 g/mol. The van der Waals surface area contributed by atoms with E-state index in [1.165, 1.54) is 30.2 Å². The van der Waals surface area contributed by atoms with Crippen LogP contribution >= 0.6 is 24.0 Å². The van der Waals surface area contributed by atoms with E-state index in [1.807, 2.05) is 48.2 Å². The van der Waals surface area contributed by atoms with E-state index in [9.17, 15) is 4.79 Å². The molecule has 3 nitrogen and oxygen atoms in total. The predicted octanol–water partition coefficient (Wildman–Crippen LogP) is 4.77. The minimum atomic E-state index is -0.0486. The number of thioether (sulfide) groups is 1. The van der Waals surface area contributed by atoms with Crippen LogP contribution in [0.3, 0.4) is 0 Å². The van der Waals surface area contributed by atoms with Crippen molar-refractivity contribution in [1.29, 1.82) is 0 Å². The van der Waals surface area contributed by atoms with Crippen molar-refractivity contribution in [3.05, 3.63) is 58.8 Å². The Labute approximate surface area is 152 Å². The molecule has 1 aliphatic rings. The molecular formula is C19H20N2OS2. The number of anilines is 1. The van der Waals surface area contributed by atoms with Crippen molar-refractivity contribution in [3.63, 3.8) is 0 Å². The third-order valence-corrected chi connectivity index (χ3v) is 5.37. The third-order valence-electron chi connectivity index (χ3n) is 4.07. The number of aromatic nitrogens is 1. The summed E-state index contributed by atoms with van der Waals surface area (Å²) in [4.78, 5) is 15.0. The van der Waals surface area contributed by atoms with Gasteiger partial charge in [0.25, 0.3) is 5.91 Å². The second kappa shape index (κ2) is 7.36. The number of hydrogen-bond donors (Lipinski definition) is 0. The number of nitrogens with zero attached hydrogens (tertiary/aromatic N) is 2. The lowest BCUT2D eigenvalue weighted by Crippen LogP contribution is -2.27. The summed E-state index contributed by atoms with van der Waals surface area (Å²) in [5.74, 6) is -0.0486. The third kappa shape index (κ3) is 3.47. The SMILES string of the molecule is CCCCc1ccc(N2C(=O)C(=Cc3cccn3C)SC2=S)cc1. The zero-order chi connectivity index (χ0) is 17.1. The van der Waals surface area contributed by atoms with Crippen molar-refractivity contribution in [2.75, 3.05) is 4.90 Å². The number of benzene rings is 1. The largest absolute Gasteiger partial charge is 0.351 e. The fourth-order valence-corrected chi connectivity index (χ4v) is 3.93. The quantitative estimate of drug-likeness (QED) is 0.570. The Morgan fingerprint density at radius 2 is 1.96 bits per heavy atom. The van der Waals surface area contributed by atoms with Crippen LogP contribution in [0.4, 0.5) is 5.69 Å². The molecule has 0 N–H and O–H groups in total. The number of carbonyl (C=O) groups excluding carboxylic acids is 1. The van der Waals surface area contributed by atoms with Crippen LogP contribution < -0.4 is 4.90 Å². The smallest absolute Gasteiger partial charge is 0.270 e. The molecule has 1 aliphatic heterocycles. The molecule has 0 radical (unpaired) electrons. The molecule has 2 aromatic rings. The van der Waals surface area contributed by atoms with Gasteiger partial charge in [-0.3, -0.25) is 9.69 Å². The van der Waals surface area contributed by atoms with Gasteiger partial charge in [0.15, 0.2) is 4.32 Å². The van der Waals surface area contributed by atoms with Crippen LogP contribution in [0, 0.1) is 0 Å². The molecule has 1 fully saturated rings. The number of hydrogen-bond acceptors (Lipinski definition) is 3. The van der Waals surface area contributed by atoms with Crippen LogP contribution in [0.5, 0.6) is 0 Å². The standard InChI is InChI=1S/C19H20N2OS2/c1-3-4-6-14-8-10-15(11-9-14)21-18(22)17(24-19(21)23)13-16-7-5-12-20(16)2/h5,7-13H,3-4,6H2,1-2H3. The molecule has 0 atom stereocenters. The molecule has 124 valence electrons. The highest BCUT2D eigenvalue weighted by Crippen LogP contribution is 2.36. The summed E-state index contributed by atoms with van der Waals surface area (Å²) >= 11 is 6.79. The van der Waals surface area contributed by atoms with Crippen molar-refractivity contribution in [1.82, 2.24) is 4.57 Å². The van der Waals surface area contributed by atoms with Crippen molar-refractivity contribution in [3.8, 4) is 0 Å². The topological polar surface area (TPSA) is 25.2 Å². The molecular weight excluding hydrogens is 336 g/mol. The minimum absolute atomic E-state index is 0.0486. The number of thiocarbonyl (C=S) groups is 1. The van der Waals surface area contributed by atoms with E-state index in [4.69, 9.17) is 12.2 Å². The fraction of sp³-hybridized carbons (Fsp3) is 0.263. The number of amides is 1. The molecule has 3 rings (SSSR count). The molecule has 1 aromatic heterocycles. The van der Waals surface area contributed by atoms with Crippen molar-refractivity contribution >= 4 is 46.0 Å². The molecule has 2 heterocycles. The highest BCUT2D eigenvalue weighted by atomic mass is 32.2. The Hall–Kier alpha value is -1.85. The predicted molar refractivity (Wildman–Crippen MR) is 106 cm³/mol. The normalized spacial score (nSPS) is 16.4. The van der Waals surface area contributed by atoms with E-state index >= 15 is 0 Å². The Bertz CT molecular complexity index is 790. The maximum Gasteiger partial charge on any atom is 0.270 e. The molecule has 1 aromatic carbocycles. The van der Waals surface area contributed by atoms with Gasteiger partial charge in [-0.25, -0.2) is 0 Å². The number of unbranched alkanes of at least 4 members (excludes halogenated alkanes) is 1.